The highest BCUT2D eigenvalue weighted by Crippen LogP contribution is 2.28. The molecule has 2 aromatic rings. The number of carbonyl (C=O) groups is 1. The SMILES string of the molecule is CCOc1cc(/C=C/C(=O)c2cc(C)ccc2OC)ccc1OC. The largest absolute Gasteiger partial charge is 0.496 e. The van der Waals surface area contributed by atoms with Gasteiger partial charge in [0.05, 0.1) is 26.4 Å². The molecule has 0 N–H and O–H groups in total. The Hall–Kier alpha value is -2.75. The van der Waals surface area contributed by atoms with Gasteiger partial charge in [-0.05, 0) is 49.8 Å². The zero-order valence-electron chi connectivity index (χ0n) is 14.5. The molecule has 0 spiro atoms. The fraction of sp³-hybridized carbons (Fsp3) is 0.250. The summed E-state index contributed by atoms with van der Waals surface area (Å²) in [5.41, 5.74) is 2.42. The van der Waals surface area contributed by atoms with Gasteiger partial charge in [-0.15, -0.1) is 0 Å². The van der Waals surface area contributed by atoms with Crippen molar-refractivity contribution in [1.82, 2.24) is 0 Å². The normalized spacial score (nSPS) is 10.7. The van der Waals surface area contributed by atoms with Gasteiger partial charge in [-0.25, -0.2) is 0 Å². The molecule has 2 aromatic carbocycles. The molecule has 0 heterocycles. The van der Waals surface area contributed by atoms with Crippen molar-refractivity contribution in [3.05, 3.63) is 59.2 Å². The zero-order valence-corrected chi connectivity index (χ0v) is 14.5. The number of hydrogen-bond acceptors (Lipinski definition) is 4. The molecule has 0 atom stereocenters. The minimum atomic E-state index is -0.107. The fourth-order valence-electron chi connectivity index (χ4n) is 2.34. The first-order valence-corrected chi connectivity index (χ1v) is 7.77. The Morgan fingerprint density at radius 2 is 1.71 bits per heavy atom. The molecule has 0 fully saturated rings. The van der Waals surface area contributed by atoms with Crippen molar-refractivity contribution in [1.29, 1.82) is 0 Å². The van der Waals surface area contributed by atoms with E-state index >= 15 is 0 Å². The lowest BCUT2D eigenvalue weighted by Crippen LogP contribution is -1.99. The van der Waals surface area contributed by atoms with Gasteiger partial charge in [-0.3, -0.25) is 4.79 Å². The third-order valence-corrected chi connectivity index (χ3v) is 3.54. The molecule has 0 aromatic heterocycles. The highest BCUT2D eigenvalue weighted by molar-refractivity contribution is 6.08. The Morgan fingerprint density at radius 3 is 2.38 bits per heavy atom. The molecule has 0 saturated heterocycles. The average Bonchev–Trinajstić information content (AvgIpc) is 2.60. The summed E-state index contributed by atoms with van der Waals surface area (Å²) in [7, 11) is 3.16. The maximum atomic E-state index is 12.5. The molecule has 0 aliphatic rings. The summed E-state index contributed by atoms with van der Waals surface area (Å²) in [4.78, 5) is 12.5. The van der Waals surface area contributed by atoms with Crippen LogP contribution in [-0.4, -0.2) is 26.6 Å². The van der Waals surface area contributed by atoms with E-state index in [0.29, 0.717) is 29.4 Å². The monoisotopic (exact) mass is 326 g/mol. The van der Waals surface area contributed by atoms with E-state index in [-0.39, 0.29) is 5.78 Å². The minimum absolute atomic E-state index is 0.107. The lowest BCUT2D eigenvalue weighted by Gasteiger charge is -2.09. The van der Waals surface area contributed by atoms with Crippen LogP contribution >= 0.6 is 0 Å². The minimum Gasteiger partial charge on any atom is -0.496 e. The first-order chi connectivity index (χ1) is 11.6. The van der Waals surface area contributed by atoms with Crippen LogP contribution < -0.4 is 14.2 Å². The molecule has 0 aliphatic carbocycles. The van der Waals surface area contributed by atoms with Crippen molar-refractivity contribution >= 4 is 11.9 Å². The third kappa shape index (κ3) is 4.16. The quantitative estimate of drug-likeness (QED) is 0.562. The summed E-state index contributed by atoms with van der Waals surface area (Å²) in [6.07, 6.45) is 3.29. The van der Waals surface area contributed by atoms with Gasteiger partial charge >= 0.3 is 0 Å². The number of hydrogen-bond donors (Lipinski definition) is 0. The van der Waals surface area contributed by atoms with E-state index in [2.05, 4.69) is 0 Å². The predicted octanol–water partition coefficient (Wildman–Crippen LogP) is 4.31. The van der Waals surface area contributed by atoms with Crippen LogP contribution in [0.25, 0.3) is 6.08 Å². The Morgan fingerprint density at radius 1 is 1.00 bits per heavy atom. The van der Waals surface area contributed by atoms with Crippen LogP contribution in [0.4, 0.5) is 0 Å². The molecule has 126 valence electrons. The van der Waals surface area contributed by atoms with Crippen LogP contribution in [0, 0.1) is 6.92 Å². The van der Waals surface area contributed by atoms with E-state index in [1.807, 2.05) is 44.2 Å². The van der Waals surface area contributed by atoms with Crippen molar-refractivity contribution in [3.8, 4) is 17.2 Å². The van der Waals surface area contributed by atoms with Gasteiger partial charge in [0, 0.05) is 0 Å². The van der Waals surface area contributed by atoms with Gasteiger partial charge < -0.3 is 14.2 Å². The Bertz CT molecular complexity index is 747. The molecule has 4 nitrogen and oxygen atoms in total. The molecular weight excluding hydrogens is 304 g/mol. The van der Waals surface area contributed by atoms with Crippen molar-refractivity contribution in [2.45, 2.75) is 13.8 Å². The van der Waals surface area contributed by atoms with E-state index in [0.717, 1.165) is 11.1 Å². The number of aryl methyl sites for hydroxylation is 1. The molecule has 0 saturated carbocycles. The van der Waals surface area contributed by atoms with Gasteiger partial charge in [0.1, 0.15) is 5.75 Å². The second-order valence-electron chi connectivity index (χ2n) is 5.24. The van der Waals surface area contributed by atoms with Gasteiger partial charge in [0.15, 0.2) is 17.3 Å². The second kappa shape index (κ2) is 8.20. The Kier molecular flexibility index (Phi) is 6.01. The van der Waals surface area contributed by atoms with Crippen LogP contribution in [0.5, 0.6) is 17.2 Å². The highest BCUT2D eigenvalue weighted by atomic mass is 16.5. The number of ether oxygens (including phenoxy) is 3. The van der Waals surface area contributed by atoms with E-state index in [1.165, 1.54) is 6.08 Å². The standard InChI is InChI=1S/C20H22O4/c1-5-24-20-13-15(8-11-19(20)23-4)7-9-17(21)16-12-14(2)6-10-18(16)22-3/h6-13H,5H2,1-4H3/b9-7+. The maximum Gasteiger partial charge on any atom is 0.189 e. The molecule has 4 heteroatoms. The summed E-state index contributed by atoms with van der Waals surface area (Å²) in [5.74, 6) is 1.78. The first kappa shape index (κ1) is 17.6. The smallest absolute Gasteiger partial charge is 0.189 e. The molecular formula is C20H22O4. The Balaban J connectivity index is 2.26. The van der Waals surface area contributed by atoms with Gasteiger partial charge in [-0.1, -0.05) is 23.8 Å². The highest BCUT2D eigenvalue weighted by Gasteiger charge is 2.10. The fourth-order valence-corrected chi connectivity index (χ4v) is 2.34. The van der Waals surface area contributed by atoms with Crippen LogP contribution in [-0.2, 0) is 0 Å². The molecule has 2 rings (SSSR count). The summed E-state index contributed by atoms with van der Waals surface area (Å²) < 4.78 is 16.1. The average molecular weight is 326 g/mol. The molecule has 0 bridgehead atoms. The maximum absolute atomic E-state index is 12.5. The van der Waals surface area contributed by atoms with E-state index in [1.54, 1.807) is 26.4 Å². The number of ketones is 1. The zero-order chi connectivity index (χ0) is 17.5. The van der Waals surface area contributed by atoms with E-state index in [9.17, 15) is 4.79 Å². The van der Waals surface area contributed by atoms with E-state index in [4.69, 9.17) is 14.2 Å². The lowest BCUT2D eigenvalue weighted by molar-refractivity contribution is 0.104. The number of methoxy groups -OCH3 is 2. The van der Waals surface area contributed by atoms with Crippen LogP contribution in [0.2, 0.25) is 0 Å². The molecule has 0 aliphatic heterocycles. The first-order valence-electron chi connectivity index (χ1n) is 7.77. The van der Waals surface area contributed by atoms with Gasteiger partial charge in [0.2, 0.25) is 0 Å². The van der Waals surface area contributed by atoms with Crippen LogP contribution in [0.3, 0.4) is 0 Å². The topological polar surface area (TPSA) is 44.8 Å². The van der Waals surface area contributed by atoms with Crippen molar-refractivity contribution in [3.63, 3.8) is 0 Å². The lowest BCUT2D eigenvalue weighted by atomic mass is 10.1. The van der Waals surface area contributed by atoms with Crippen molar-refractivity contribution < 1.29 is 19.0 Å². The van der Waals surface area contributed by atoms with Crippen LogP contribution in [0.15, 0.2) is 42.5 Å². The molecule has 0 amide bonds. The molecule has 24 heavy (non-hydrogen) atoms. The van der Waals surface area contributed by atoms with Crippen molar-refractivity contribution in [2.75, 3.05) is 20.8 Å². The number of carbonyl (C=O) groups excluding carboxylic acids is 1. The number of allylic oxidation sites excluding steroid dienone is 1. The van der Waals surface area contributed by atoms with Crippen molar-refractivity contribution in [2.24, 2.45) is 0 Å². The summed E-state index contributed by atoms with van der Waals surface area (Å²) in [5, 5.41) is 0. The summed E-state index contributed by atoms with van der Waals surface area (Å²) in [6, 6.07) is 11.1. The molecule has 0 unspecified atom stereocenters. The molecule has 0 radical (unpaired) electrons. The van der Waals surface area contributed by atoms with E-state index < -0.39 is 0 Å². The Labute approximate surface area is 142 Å². The predicted molar refractivity (Wildman–Crippen MR) is 95.3 cm³/mol. The second-order valence-corrected chi connectivity index (χ2v) is 5.24. The number of benzene rings is 2. The van der Waals surface area contributed by atoms with Crippen LogP contribution in [0.1, 0.15) is 28.4 Å². The van der Waals surface area contributed by atoms with Gasteiger partial charge in [-0.2, -0.15) is 0 Å². The summed E-state index contributed by atoms with van der Waals surface area (Å²) in [6.45, 7) is 4.40. The van der Waals surface area contributed by atoms with Gasteiger partial charge in [0.25, 0.3) is 0 Å². The third-order valence-electron chi connectivity index (χ3n) is 3.54. The summed E-state index contributed by atoms with van der Waals surface area (Å²) >= 11 is 0. The number of rotatable bonds is 7.